The Hall–Kier alpha value is -4.30. The second kappa shape index (κ2) is 11.4. The number of hydrogen-bond acceptors (Lipinski definition) is 5. The second-order valence-corrected chi connectivity index (χ2v) is 10.7. The van der Waals surface area contributed by atoms with Gasteiger partial charge >= 0.3 is 0 Å². The van der Waals surface area contributed by atoms with Gasteiger partial charge in [0.2, 0.25) is 5.91 Å². The van der Waals surface area contributed by atoms with E-state index in [1.807, 2.05) is 36.4 Å². The number of rotatable bonds is 7. The molecule has 0 saturated heterocycles. The van der Waals surface area contributed by atoms with Crippen molar-refractivity contribution in [1.29, 1.82) is 0 Å². The fraction of sp³-hybridized carbons (Fsp3) is 0.312. The summed E-state index contributed by atoms with van der Waals surface area (Å²) in [5, 5.41) is 13.9. The number of carbonyl (C=O) groups excluding carboxylic acids is 2. The van der Waals surface area contributed by atoms with E-state index in [1.54, 1.807) is 24.5 Å². The minimum Gasteiger partial charge on any atom is -0.390 e. The summed E-state index contributed by atoms with van der Waals surface area (Å²) in [5.41, 5.74) is 4.48. The van der Waals surface area contributed by atoms with Crippen molar-refractivity contribution in [3.63, 3.8) is 0 Å². The van der Waals surface area contributed by atoms with Gasteiger partial charge in [-0.3, -0.25) is 19.5 Å². The zero-order valence-electron chi connectivity index (χ0n) is 22.2. The van der Waals surface area contributed by atoms with Crippen LogP contribution in [-0.4, -0.2) is 38.0 Å². The Bertz CT molecular complexity index is 1450. The second-order valence-electron chi connectivity index (χ2n) is 10.7. The molecule has 3 N–H and O–H groups in total. The van der Waals surface area contributed by atoms with Crippen molar-refractivity contribution < 1.29 is 14.7 Å². The number of benzene rings is 2. The molecule has 8 nitrogen and oxygen atoms in total. The van der Waals surface area contributed by atoms with Gasteiger partial charge in [-0.15, -0.1) is 0 Å². The SMILES string of the molecule is O=C(N[C@@H]1c2ccccc2C[C@@H]1O)C(c1cccnc1)N(C(=O)c1c[nH]cn1)c1ccc(C2CCCCC2)cc1. The number of hydrogen-bond donors (Lipinski definition) is 3. The van der Waals surface area contributed by atoms with Crippen LogP contribution < -0.4 is 10.2 Å². The minimum absolute atomic E-state index is 0.198. The molecule has 40 heavy (non-hydrogen) atoms. The maximum Gasteiger partial charge on any atom is 0.279 e. The largest absolute Gasteiger partial charge is 0.390 e. The lowest BCUT2D eigenvalue weighted by atomic mass is 9.84. The van der Waals surface area contributed by atoms with Gasteiger partial charge in [0, 0.05) is 36.3 Å². The van der Waals surface area contributed by atoms with Crippen LogP contribution in [0, 0.1) is 0 Å². The molecule has 2 heterocycles. The van der Waals surface area contributed by atoms with Crippen molar-refractivity contribution in [2.45, 2.75) is 62.6 Å². The predicted octanol–water partition coefficient (Wildman–Crippen LogP) is 5.02. The molecule has 6 rings (SSSR count). The number of pyridine rings is 1. The number of anilines is 1. The third kappa shape index (κ3) is 5.14. The third-order valence-electron chi connectivity index (χ3n) is 8.19. The number of amides is 2. The Morgan fingerprint density at radius 1 is 1.00 bits per heavy atom. The summed E-state index contributed by atoms with van der Waals surface area (Å²) in [5.74, 6) is -0.309. The van der Waals surface area contributed by atoms with E-state index in [1.165, 1.54) is 55.1 Å². The molecule has 2 amide bonds. The number of aromatic nitrogens is 3. The Morgan fingerprint density at radius 2 is 1.80 bits per heavy atom. The molecular weight excluding hydrogens is 502 g/mol. The molecule has 204 valence electrons. The van der Waals surface area contributed by atoms with Crippen molar-refractivity contribution in [3.05, 3.63) is 114 Å². The maximum absolute atomic E-state index is 14.2. The molecule has 1 fully saturated rings. The van der Waals surface area contributed by atoms with Crippen LogP contribution in [-0.2, 0) is 11.2 Å². The molecular formula is C32H33N5O3. The van der Waals surface area contributed by atoms with Crippen molar-refractivity contribution in [3.8, 4) is 0 Å². The van der Waals surface area contributed by atoms with Gasteiger partial charge in [-0.05, 0) is 53.6 Å². The monoisotopic (exact) mass is 535 g/mol. The first-order valence-electron chi connectivity index (χ1n) is 14.0. The molecule has 2 aromatic carbocycles. The zero-order chi connectivity index (χ0) is 27.5. The third-order valence-corrected chi connectivity index (χ3v) is 8.19. The summed E-state index contributed by atoms with van der Waals surface area (Å²) in [6, 6.07) is 17.6. The number of nitrogens with zero attached hydrogens (tertiary/aromatic N) is 3. The van der Waals surface area contributed by atoms with Crippen LogP contribution in [0.3, 0.4) is 0 Å². The molecule has 0 radical (unpaired) electrons. The molecule has 2 aliphatic carbocycles. The van der Waals surface area contributed by atoms with Gasteiger partial charge in [-0.2, -0.15) is 0 Å². The summed E-state index contributed by atoms with van der Waals surface area (Å²) < 4.78 is 0. The van der Waals surface area contributed by atoms with Crippen LogP contribution in [0.1, 0.15) is 82.8 Å². The highest BCUT2D eigenvalue weighted by molar-refractivity contribution is 6.09. The Morgan fingerprint density at radius 3 is 2.52 bits per heavy atom. The van der Waals surface area contributed by atoms with Crippen LogP contribution in [0.5, 0.6) is 0 Å². The first-order chi connectivity index (χ1) is 19.6. The maximum atomic E-state index is 14.2. The highest BCUT2D eigenvalue weighted by atomic mass is 16.3. The van der Waals surface area contributed by atoms with Crippen LogP contribution in [0.4, 0.5) is 5.69 Å². The van der Waals surface area contributed by atoms with E-state index in [0.717, 1.165) is 11.1 Å². The summed E-state index contributed by atoms with van der Waals surface area (Å²) in [6.07, 6.45) is 12.0. The lowest BCUT2D eigenvalue weighted by Crippen LogP contribution is -2.46. The normalized spacial score (nSPS) is 19.5. The molecule has 2 aromatic heterocycles. The molecule has 1 unspecified atom stereocenters. The number of imidazole rings is 1. The van der Waals surface area contributed by atoms with Gasteiger partial charge in [0.1, 0.15) is 11.7 Å². The summed E-state index contributed by atoms with van der Waals surface area (Å²) in [6.45, 7) is 0. The number of nitrogens with one attached hydrogen (secondary N) is 2. The summed E-state index contributed by atoms with van der Waals surface area (Å²) >= 11 is 0. The van der Waals surface area contributed by atoms with E-state index < -0.39 is 30.0 Å². The average Bonchev–Trinajstić information content (AvgIpc) is 3.65. The molecule has 1 saturated carbocycles. The highest BCUT2D eigenvalue weighted by Crippen LogP contribution is 2.36. The van der Waals surface area contributed by atoms with E-state index in [0.29, 0.717) is 23.6 Å². The van der Waals surface area contributed by atoms with Crippen LogP contribution in [0.15, 0.2) is 85.6 Å². The van der Waals surface area contributed by atoms with Crippen LogP contribution in [0.2, 0.25) is 0 Å². The van der Waals surface area contributed by atoms with Gasteiger partial charge in [0.25, 0.3) is 5.91 Å². The average molecular weight is 536 g/mol. The zero-order valence-corrected chi connectivity index (χ0v) is 22.2. The van der Waals surface area contributed by atoms with E-state index >= 15 is 0 Å². The van der Waals surface area contributed by atoms with Gasteiger partial charge in [0.05, 0.1) is 18.5 Å². The fourth-order valence-electron chi connectivity index (χ4n) is 6.16. The van der Waals surface area contributed by atoms with E-state index in [4.69, 9.17) is 0 Å². The van der Waals surface area contributed by atoms with Crippen LogP contribution in [0.25, 0.3) is 0 Å². The van der Waals surface area contributed by atoms with Gasteiger partial charge in [-0.25, -0.2) is 4.98 Å². The molecule has 8 heteroatoms. The Balaban J connectivity index is 1.39. The molecule has 0 spiro atoms. The van der Waals surface area contributed by atoms with Crippen molar-refractivity contribution in [1.82, 2.24) is 20.3 Å². The van der Waals surface area contributed by atoms with E-state index in [9.17, 15) is 14.7 Å². The van der Waals surface area contributed by atoms with E-state index in [2.05, 4.69) is 32.4 Å². The predicted molar refractivity (Wildman–Crippen MR) is 152 cm³/mol. The quantitative estimate of drug-likeness (QED) is 0.308. The molecule has 0 aliphatic heterocycles. The molecule has 4 aromatic rings. The Kier molecular flexibility index (Phi) is 7.42. The fourth-order valence-corrected chi connectivity index (χ4v) is 6.16. The van der Waals surface area contributed by atoms with Gasteiger partial charge < -0.3 is 15.4 Å². The number of fused-ring (bicyclic) bond motifs is 1. The van der Waals surface area contributed by atoms with E-state index in [-0.39, 0.29) is 5.69 Å². The Labute approximate surface area is 233 Å². The number of aliphatic hydroxyl groups is 1. The van der Waals surface area contributed by atoms with Gasteiger partial charge in [0.15, 0.2) is 0 Å². The summed E-state index contributed by atoms with van der Waals surface area (Å²) in [4.78, 5) is 41.0. The van der Waals surface area contributed by atoms with Crippen molar-refractivity contribution >= 4 is 17.5 Å². The number of H-pyrrole nitrogens is 1. The first kappa shape index (κ1) is 26.0. The van der Waals surface area contributed by atoms with Crippen molar-refractivity contribution in [2.24, 2.45) is 0 Å². The van der Waals surface area contributed by atoms with Gasteiger partial charge in [-0.1, -0.05) is 61.7 Å². The number of aliphatic hydroxyl groups excluding tert-OH is 1. The topological polar surface area (TPSA) is 111 Å². The number of carbonyl (C=O) groups is 2. The first-order valence-corrected chi connectivity index (χ1v) is 14.0. The standard InChI is InChI=1S/C32H33N5O3/c38-28-17-23-9-4-5-11-26(23)29(28)36-31(39)30(24-10-6-16-33-18-24)37(32(40)27-19-34-20-35-27)25-14-12-22(13-15-25)21-7-2-1-3-8-21/h4-6,9-16,18-21,28-30,38H,1-3,7-8,17H2,(H,34,35)(H,36,39)/t28-,29+,30?/m0/s1. The molecule has 0 bridgehead atoms. The minimum atomic E-state index is -1.04. The lowest BCUT2D eigenvalue weighted by Gasteiger charge is -2.32. The molecule has 3 atom stereocenters. The highest BCUT2D eigenvalue weighted by Gasteiger charge is 2.38. The van der Waals surface area contributed by atoms with Crippen LogP contribution >= 0.6 is 0 Å². The number of aromatic amines is 1. The van der Waals surface area contributed by atoms with Crippen molar-refractivity contribution in [2.75, 3.05) is 4.90 Å². The molecule has 2 aliphatic rings. The smallest absolute Gasteiger partial charge is 0.279 e. The lowest BCUT2D eigenvalue weighted by molar-refractivity contribution is -0.124. The summed E-state index contributed by atoms with van der Waals surface area (Å²) in [7, 11) is 0.